The number of carbonyl (C=O) groups excluding carboxylic acids is 1. The van der Waals surface area contributed by atoms with Crippen LogP contribution in [0.25, 0.3) is 22.1 Å². The standard InChI is InChI=1S/C24H26N2O7/c1-12(11-27)9-10-14-5-3-7-16-18(14)26-19-15(6-4-8-17(19)25-16)23(31)33-24-22(30)21(29)20(28)13(2)32-24/h3-9,13,20-22,24,27-30H,10-11H2,1-2H3/b12-9+/t13-,20-,21+,22+,24-/m0/s1. The molecule has 4 rings (SSSR count). The number of allylic oxidation sites excluding steroid dienone is 1. The van der Waals surface area contributed by atoms with E-state index in [1.54, 1.807) is 12.1 Å². The number of para-hydroxylation sites is 2. The lowest BCUT2D eigenvalue weighted by atomic mass is 10.00. The van der Waals surface area contributed by atoms with Gasteiger partial charge in [0.1, 0.15) is 23.8 Å². The van der Waals surface area contributed by atoms with Gasteiger partial charge in [-0.15, -0.1) is 0 Å². The van der Waals surface area contributed by atoms with Crippen molar-refractivity contribution in [3.05, 3.63) is 59.2 Å². The first kappa shape index (κ1) is 23.2. The largest absolute Gasteiger partial charge is 0.429 e. The molecule has 1 aliphatic rings. The Morgan fingerprint density at radius 2 is 1.73 bits per heavy atom. The van der Waals surface area contributed by atoms with Crippen molar-refractivity contribution in [3.63, 3.8) is 0 Å². The third-order valence-electron chi connectivity index (χ3n) is 5.75. The number of esters is 1. The molecule has 3 aromatic rings. The van der Waals surface area contributed by atoms with Gasteiger partial charge in [-0.3, -0.25) is 0 Å². The number of hydrogen-bond acceptors (Lipinski definition) is 9. The summed E-state index contributed by atoms with van der Waals surface area (Å²) in [6, 6.07) is 10.5. The van der Waals surface area contributed by atoms with Gasteiger partial charge in [0.2, 0.25) is 6.29 Å². The van der Waals surface area contributed by atoms with Crippen LogP contribution < -0.4 is 0 Å². The summed E-state index contributed by atoms with van der Waals surface area (Å²) in [5.74, 6) is -0.803. The normalized spacial score (nSPS) is 26.0. The highest BCUT2D eigenvalue weighted by atomic mass is 16.7. The highest BCUT2D eigenvalue weighted by molar-refractivity contribution is 6.03. The van der Waals surface area contributed by atoms with Crippen molar-refractivity contribution in [2.45, 2.75) is 51.0 Å². The lowest BCUT2D eigenvalue weighted by Crippen LogP contribution is -2.57. The molecule has 5 atom stereocenters. The highest BCUT2D eigenvalue weighted by Gasteiger charge is 2.44. The van der Waals surface area contributed by atoms with Crippen LogP contribution in [0.1, 0.15) is 29.8 Å². The Morgan fingerprint density at radius 1 is 1.03 bits per heavy atom. The molecule has 0 aliphatic carbocycles. The third kappa shape index (κ3) is 4.59. The fourth-order valence-corrected chi connectivity index (χ4v) is 3.74. The Morgan fingerprint density at radius 3 is 2.45 bits per heavy atom. The third-order valence-corrected chi connectivity index (χ3v) is 5.75. The Kier molecular flexibility index (Phi) is 6.68. The summed E-state index contributed by atoms with van der Waals surface area (Å²) in [6.45, 7) is 3.30. The van der Waals surface area contributed by atoms with E-state index in [1.165, 1.54) is 13.0 Å². The van der Waals surface area contributed by atoms with Gasteiger partial charge in [-0.2, -0.15) is 0 Å². The molecule has 2 heterocycles. The molecule has 1 saturated heterocycles. The maximum Gasteiger partial charge on any atom is 0.342 e. The number of carbonyl (C=O) groups is 1. The Balaban J connectivity index is 1.70. The second kappa shape index (κ2) is 9.50. The van der Waals surface area contributed by atoms with Gasteiger partial charge >= 0.3 is 5.97 Å². The van der Waals surface area contributed by atoms with Crippen LogP contribution in [0.5, 0.6) is 0 Å². The SMILES string of the molecule is C/C(=C\Cc1cccc2nc3cccc(C(=O)O[C@@H]4O[C@@H](C)[C@H](O)[C@@H](O)[C@H]4O)c3nc12)CO. The van der Waals surface area contributed by atoms with E-state index in [2.05, 4.69) is 4.98 Å². The van der Waals surface area contributed by atoms with Gasteiger partial charge in [-0.1, -0.05) is 29.8 Å². The van der Waals surface area contributed by atoms with Crippen LogP contribution in [0.15, 0.2) is 48.0 Å². The van der Waals surface area contributed by atoms with Crippen LogP contribution in [-0.4, -0.2) is 73.7 Å². The quantitative estimate of drug-likeness (QED) is 0.254. The summed E-state index contributed by atoms with van der Waals surface area (Å²) in [5.41, 5.74) is 3.94. The molecule has 9 nitrogen and oxygen atoms in total. The van der Waals surface area contributed by atoms with E-state index in [0.717, 1.165) is 11.1 Å². The van der Waals surface area contributed by atoms with Crippen molar-refractivity contribution in [2.75, 3.05) is 6.61 Å². The summed E-state index contributed by atoms with van der Waals surface area (Å²) in [4.78, 5) is 22.3. The highest BCUT2D eigenvalue weighted by Crippen LogP contribution is 2.26. The van der Waals surface area contributed by atoms with Crippen molar-refractivity contribution in [2.24, 2.45) is 0 Å². The topological polar surface area (TPSA) is 142 Å². The Bertz CT molecular complexity index is 1210. The molecular formula is C24H26N2O7. The number of ether oxygens (including phenoxy) is 2. The number of aromatic nitrogens is 2. The van der Waals surface area contributed by atoms with E-state index < -0.39 is 36.7 Å². The van der Waals surface area contributed by atoms with Gasteiger partial charge in [0, 0.05) is 0 Å². The number of fused-ring (bicyclic) bond motifs is 2. The molecule has 0 saturated carbocycles. The van der Waals surface area contributed by atoms with Crippen LogP contribution in [0.4, 0.5) is 0 Å². The number of aliphatic hydroxyl groups is 4. The molecule has 9 heteroatoms. The number of rotatable bonds is 5. The van der Waals surface area contributed by atoms with Crippen LogP contribution in [0.3, 0.4) is 0 Å². The molecule has 4 N–H and O–H groups in total. The molecule has 1 fully saturated rings. The van der Waals surface area contributed by atoms with E-state index in [4.69, 9.17) is 14.5 Å². The summed E-state index contributed by atoms with van der Waals surface area (Å²) in [6.07, 6.45) is -4.25. The summed E-state index contributed by atoms with van der Waals surface area (Å²) < 4.78 is 10.7. The second-order valence-electron chi connectivity index (χ2n) is 8.18. The molecule has 2 aromatic carbocycles. The predicted octanol–water partition coefficient (Wildman–Crippen LogP) is 1.25. The van der Waals surface area contributed by atoms with Crippen molar-refractivity contribution in [1.82, 2.24) is 9.97 Å². The number of benzene rings is 2. The van der Waals surface area contributed by atoms with Gasteiger partial charge in [-0.05, 0) is 44.0 Å². The van der Waals surface area contributed by atoms with Gasteiger partial charge in [0.15, 0.2) is 0 Å². The first-order chi connectivity index (χ1) is 15.8. The van der Waals surface area contributed by atoms with E-state index in [9.17, 15) is 25.2 Å². The Hall–Kier alpha value is -2.95. The van der Waals surface area contributed by atoms with E-state index in [-0.39, 0.29) is 12.2 Å². The molecule has 33 heavy (non-hydrogen) atoms. The monoisotopic (exact) mass is 454 g/mol. The summed E-state index contributed by atoms with van der Waals surface area (Å²) in [7, 11) is 0. The van der Waals surface area contributed by atoms with Gasteiger partial charge in [0.25, 0.3) is 0 Å². The maximum absolute atomic E-state index is 13.0. The van der Waals surface area contributed by atoms with Crippen LogP contribution >= 0.6 is 0 Å². The lowest BCUT2D eigenvalue weighted by molar-refractivity contribution is -0.276. The number of hydrogen-bond donors (Lipinski definition) is 4. The average molecular weight is 454 g/mol. The average Bonchev–Trinajstić information content (AvgIpc) is 2.82. The Labute approximate surface area is 189 Å². The molecule has 0 unspecified atom stereocenters. The summed E-state index contributed by atoms with van der Waals surface area (Å²) >= 11 is 0. The fourth-order valence-electron chi connectivity index (χ4n) is 3.74. The van der Waals surface area contributed by atoms with E-state index >= 15 is 0 Å². The van der Waals surface area contributed by atoms with Crippen LogP contribution in [-0.2, 0) is 15.9 Å². The number of nitrogens with zero attached hydrogens (tertiary/aromatic N) is 2. The van der Waals surface area contributed by atoms with Gasteiger partial charge in [0.05, 0.1) is 34.8 Å². The van der Waals surface area contributed by atoms with Crippen molar-refractivity contribution < 1.29 is 34.7 Å². The van der Waals surface area contributed by atoms with Gasteiger partial charge in [-0.25, -0.2) is 14.8 Å². The zero-order valence-corrected chi connectivity index (χ0v) is 18.3. The minimum atomic E-state index is -1.60. The van der Waals surface area contributed by atoms with Crippen LogP contribution in [0, 0.1) is 0 Å². The molecule has 1 aliphatic heterocycles. The molecule has 0 spiro atoms. The van der Waals surface area contributed by atoms with Gasteiger partial charge < -0.3 is 29.9 Å². The minimum absolute atomic E-state index is 0.0329. The zero-order valence-electron chi connectivity index (χ0n) is 18.3. The summed E-state index contributed by atoms with van der Waals surface area (Å²) in [5, 5.41) is 39.3. The predicted molar refractivity (Wildman–Crippen MR) is 119 cm³/mol. The van der Waals surface area contributed by atoms with Crippen molar-refractivity contribution in [3.8, 4) is 0 Å². The molecule has 1 aromatic heterocycles. The number of aliphatic hydroxyl groups excluding tert-OH is 4. The first-order valence-corrected chi connectivity index (χ1v) is 10.7. The fraction of sp³-hybridized carbons (Fsp3) is 0.375. The minimum Gasteiger partial charge on any atom is -0.429 e. The lowest BCUT2D eigenvalue weighted by Gasteiger charge is -2.38. The molecule has 174 valence electrons. The zero-order chi connectivity index (χ0) is 23.7. The first-order valence-electron chi connectivity index (χ1n) is 10.7. The molecule has 0 bridgehead atoms. The maximum atomic E-state index is 13.0. The van der Waals surface area contributed by atoms with Crippen molar-refractivity contribution >= 4 is 28.0 Å². The van der Waals surface area contributed by atoms with E-state index in [1.807, 2.05) is 31.2 Å². The molecule has 0 radical (unpaired) electrons. The molecule has 0 amide bonds. The smallest absolute Gasteiger partial charge is 0.342 e. The molecular weight excluding hydrogens is 428 g/mol. The van der Waals surface area contributed by atoms with Crippen LogP contribution in [0.2, 0.25) is 0 Å². The van der Waals surface area contributed by atoms with E-state index in [0.29, 0.717) is 28.5 Å². The van der Waals surface area contributed by atoms with Crippen molar-refractivity contribution in [1.29, 1.82) is 0 Å². The second-order valence-corrected chi connectivity index (χ2v) is 8.18.